The molecule has 0 unspecified atom stereocenters. The number of aromatic amines is 1. The summed E-state index contributed by atoms with van der Waals surface area (Å²) in [5, 5.41) is 9.05. The van der Waals surface area contributed by atoms with Crippen LogP contribution in [0.4, 0.5) is 5.82 Å². The van der Waals surface area contributed by atoms with Gasteiger partial charge in [-0.05, 0) is 54.9 Å². The average Bonchev–Trinajstić information content (AvgIpc) is 3.50. The van der Waals surface area contributed by atoms with Gasteiger partial charge in [0.1, 0.15) is 5.82 Å². The monoisotopic (exact) mass is 419 g/mol. The summed E-state index contributed by atoms with van der Waals surface area (Å²) in [5.41, 5.74) is 10.2. The Morgan fingerprint density at radius 3 is 2.63 bits per heavy atom. The van der Waals surface area contributed by atoms with Crippen molar-refractivity contribution in [2.45, 2.75) is 28.8 Å². The Morgan fingerprint density at radius 1 is 1.03 bits per heavy atom. The minimum Gasteiger partial charge on any atom is -0.493 e. The van der Waals surface area contributed by atoms with Crippen molar-refractivity contribution in [3.8, 4) is 22.8 Å². The van der Waals surface area contributed by atoms with Crippen molar-refractivity contribution in [1.82, 2.24) is 20.2 Å². The number of aromatic nitrogens is 4. The zero-order chi connectivity index (χ0) is 20.7. The van der Waals surface area contributed by atoms with Gasteiger partial charge in [-0.1, -0.05) is 12.1 Å². The van der Waals surface area contributed by atoms with E-state index in [1.54, 1.807) is 14.2 Å². The largest absolute Gasteiger partial charge is 0.493 e. The second-order valence-electron chi connectivity index (χ2n) is 7.19. The third-order valence-electron chi connectivity index (χ3n) is 5.19. The van der Waals surface area contributed by atoms with E-state index in [9.17, 15) is 0 Å². The number of hydrogen-bond acceptors (Lipinski definition) is 7. The van der Waals surface area contributed by atoms with Crippen LogP contribution in [-0.4, -0.2) is 34.4 Å². The first-order chi connectivity index (χ1) is 14.7. The first kappa shape index (κ1) is 18.7. The van der Waals surface area contributed by atoms with Crippen molar-refractivity contribution < 1.29 is 9.47 Å². The van der Waals surface area contributed by atoms with E-state index in [0.717, 1.165) is 27.1 Å². The maximum atomic E-state index is 6.38. The SMILES string of the molecule is COc1ccc(Sc2nc(N)c3c(-c4cc(C5CC5)[nH]n4)cccc3n2)cc1OC. The van der Waals surface area contributed by atoms with Gasteiger partial charge in [0.2, 0.25) is 0 Å². The summed E-state index contributed by atoms with van der Waals surface area (Å²) in [6, 6.07) is 13.7. The number of fused-ring (bicyclic) bond motifs is 1. The van der Waals surface area contributed by atoms with E-state index in [4.69, 9.17) is 20.2 Å². The second-order valence-corrected chi connectivity index (χ2v) is 8.23. The van der Waals surface area contributed by atoms with Crippen molar-refractivity contribution in [1.29, 1.82) is 0 Å². The smallest absolute Gasteiger partial charge is 0.194 e. The molecule has 3 N–H and O–H groups in total. The minimum absolute atomic E-state index is 0.439. The van der Waals surface area contributed by atoms with Crippen LogP contribution in [0.25, 0.3) is 22.2 Å². The van der Waals surface area contributed by atoms with Gasteiger partial charge in [-0.15, -0.1) is 0 Å². The number of benzene rings is 2. The number of rotatable bonds is 6. The number of hydrogen-bond donors (Lipinski definition) is 2. The van der Waals surface area contributed by atoms with Crippen molar-refractivity contribution in [2.24, 2.45) is 0 Å². The topological polar surface area (TPSA) is 98.9 Å². The van der Waals surface area contributed by atoms with Crippen LogP contribution < -0.4 is 15.2 Å². The fourth-order valence-corrected chi connectivity index (χ4v) is 4.31. The van der Waals surface area contributed by atoms with Crippen LogP contribution in [0.3, 0.4) is 0 Å². The van der Waals surface area contributed by atoms with E-state index < -0.39 is 0 Å². The van der Waals surface area contributed by atoms with Crippen molar-refractivity contribution in [2.75, 3.05) is 20.0 Å². The molecule has 5 rings (SSSR count). The lowest BCUT2D eigenvalue weighted by atomic mass is 10.1. The first-order valence-electron chi connectivity index (χ1n) is 9.68. The second kappa shape index (κ2) is 7.53. The summed E-state index contributed by atoms with van der Waals surface area (Å²) >= 11 is 1.42. The third-order valence-corrected chi connectivity index (χ3v) is 6.04. The van der Waals surface area contributed by atoms with Crippen LogP contribution in [-0.2, 0) is 0 Å². The normalized spacial score (nSPS) is 13.5. The first-order valence-corrected chi connectivity index (χ1v) is 10.5. The van der Waals surface area contributed by atoms with Crippen molar-refractivity contribution in [3.05, 3.63) is 48.2 Å². The maximum Gasteiger partial charge on any atom is 0.194 e. The molecule has 0 atom stereocenters. The zero-order valence-electron chi connectivity index (χ0n) is 16.7. The quantitative estimate of drug-likeness (QED) is 0.439. The fourth-order valence-electron chi connectivity index (χ4n) is 3.51. The van der Waals surface area contributed by atoms with Gasteiger partial charge in [-0.2, -0.15) is 5.10 Å². The molecule has 0 spiro atoms. The highest BCUT2D eigenvalue weighted by Gasteiger charge is 2.26. The molecule has 0 radical (unpaired) electrons. The number of nitrogens with one attached hydrogen (secondary N) is 1. The van der Waals surface area contributed by atoms with Gasteiger partial charge in [0.15, 0.2) is 16.7 Å². The molecule has 2 aromatic heterocycles. The number of nitrogen functional groups attached to an aromatic ring is 1. The summed E-state index contributed by atoms with van der Waals surface area (Å²) in [4.78, 5) is 10.2. The molecule has 0 aliphatic heterocycles. The highest BCUT2D eigenvalue weighted by molar-refractivity contribution is 7.99. The van der Waals surface area contributed by atoms with E-state index in [-0.39, 0.29) is 0 Å². The van der Waals surface area contributed by atoms with Gasteiger partial charge in [0.05, 0.1) is 30.8 Å². The maximum absolute atomic E-state index is 6.38. The van der Waals surface area contributed by atoms with Crippen LogP contribution in [0.5, 0.6) is 11.5 Å². The number of anilines is 1. The predicted molar refractivity (Wildman–Crippen MR) is 117 cm³/mol. The molecule has 0 bridgehead atoms. The van der Waals surface area contributed by atoms with Gasteiger partial charge in [-0.3, -0.25) is 5.10 Å². The molecule has 1 fully saturated rings. The zero-order valence-corrected chi connectivity index (χ0v) is 17.5. The Labute approximate surface area is 178 Å². The molecule has 1 saturated carbocycles. The highest BCUT2D eigenvalue weighted by Crippen LogP contribution is 2.41. The van der Waals surface area contributed by atoms with Crippen LogP contribution in [0.2, 0.25) is 0 Å². The summed E-state index contributed by atoms with van der Waals surface area (Å²) in [6.45, 7) is 0. The van der Waals surface area contributed by atoms with E-state index in [1.807, 2.05) is 36.4 Å². The molecule has 4 aromatic rings. The fraction of sp³-hybridized carbons (Fsp3) is 0.227. The van der Waals surface area contributed by atoms with Gasteiger partial charge in [0.25, 0.3) is 0 Å². The minimum atomic E-state index is 0.439. The molecule has 0 amide bonds. The lowest BCUT2D eigenvalue weighted by Crippen LogP contribution is -1.98. The predicted octanol–water partition coefficient (Wildman–Crippen LogP) is 4.65. The van der Waals surface area contributed by atoms with Crippen LogP contribution in [0.1, 0.15) is 24.5 Å². The average molecular weight is 420 g/mol. The lowest BCUT2D eigenvalue weighted by Gasteiger charge is -2.10. The van der Waals surface area contributed by atoms with Gasteiger partial charge in [0, 0.05) is 22.1 Å². The van der Waals surface area contributed by atoms with Crippen molar-refractivity contribution >= 4 is 28.5 Å². The van der Waals surface area contributed by atoms with Gasteiger partial charge in [-0.25, -0.2) is 9.97 Å². The van der Waals surface area contributed by atoms with Gasteiger partial charge < -0.3 is 15.2 Å². The molecule has 2 aromatic carbocycles. The van der Waals surface area contributed by atoms with Crippen LogP contribution in [0, 0.1) is 0 Å². The third kappa shape index (κ3) is 3.43. The molecule has 0 saturated heterocycles. The molecular weight excluding hydrogens is 398 g/mol. The molecule has 30 heavy (non-hydrogen) atoms. The Hall–Kier alpha value is -3.26. The molecule has 152 valence electrons. The molecule has 1 aliphatic rings. The Bertz CT molecular complexity index is 1240. The number of nitrogens with zero attached hydrogens (tertiary/aromatic N) is 3. The number of ether oxygens (including phenoxy) is 2. The molecule has 1 aliphatic carbocycles. The summed E-state index contributed by atoms with van der Waals surface area (Å²) in [6.07, 6.45) is 2.44. The van der Waals surface area contributed by atoms with Crippen LogP contribution >= 0.6 is 11.8 Å². The molecular formula is C22H21N5O2S. The lowest BCUT2D eigenvalue weighted by molar-refractivity contribution is 0.354. The van der Waals surface area contributed by atoms with E-state index in [1.165, 1.54) is 30.3 Å². The summed E-state index contributed by atoms with van der Waals surface area (Å²) in [7, 11) is 3.23. The van der Waals surface area contributed by atoms with Crippen molar-refractivity contribution in [3.63, 3.8) is 0 Å². The van der Waals surface area contributed by atoms with E-state index in [0.29, 0.717) is 28.4 Å². The van der Waals surface area contributed by atoms with Gasteiger partial charge >= 0.3 is 0 Å². The van der Waals surface area contributed by atoms with Crippen LogP contribution in [0.15, 0.2) is 52.5 Å². The molecule has 8 heteroatoms. The number of H-pyrrole nitrogens is 1. The standard InChI is InChI=1S/C22H21N5O2S/c1-28-18-9-8-13(10-19(18)29-2)30-22-24-15-5-3-4-14(20(15)21(23)25-22)17-11-16(26-27-17)12-6-7-12/h3-5,8-12H,6-7H2,1-2H3,(H,26,27)(H2,23,24,25). The van der Waals surface area contributed by atoms with E-state index in [2.05, 4.69) is 21.2 Å². The molecule has 2 heterocycles. The number of nitrogens with two attached hydrogens (primary N) is 1. The Balaban J connectivity index is 1.51. The Kier molecular flexibility index (Phi) is 4.71. The summed E-state index contributed by atoms with van der Waals surface area (Å²) < 4.78 is 10.7. The molecule has 7 nitrogen and oxygen atoms in total. The highest BCUT2D eigenvalue weighted by atomic mass is 32.2. The number of methoxy groups -OCH3 is 2. The summed E-state index contributed by atoms with van der Waals surface area (Å²) in [5.74, 6) is 2.38. The van der Waals surface area contributed by atoms with E-state index >= 15 is 0 Å². The Morgan fingerprint density at radius 2 is 1.87 bits per heavy atom.